The zero-order chi connectivity index (χ0) is 17.5. The van der Waals surface area contributed by atoms with Gasteiger partial charge in [0.15, 0.2) is 0 Å². The number of carbonyl (C=O) groups is 2. The van der Waals surface area contributed by atoms with Gasteiger partial charge in [-0.1, -0.05) is 18.2 Å². The van der Waals surface area contributed by atoms with Crippen molar-refractivity contribution in [2.45, 2.75) is 19.9 Å². The van der Waals surface area contributed by atoms with Gasteiger partial charge in [-0.3, -0.25) is 14.5 Å². The Morgan fingerprint density at radius 3 is 2.28 bits per heavy atom. The molecule has 0 bridgehead atoms. The molecule has 0 unspecified atom stereocenters. The highest BCUT2D eigenvalue weighted by Gasteiger charge is 2.23. The Kier molecular flexibility index (Phi) is 8.89. The van der Waals surface area contributed by atoms with E-state index in [1.165, 1.54) is 0 Å². The lowest BCUT2D eigenvalue weighted by Gasteiger charge is -2.31. The van der Waals surface area contributed by atoms with Crippen LogP contribution in [0.4, 0.5) is 5.69 Å². The van der Waals surface area contributed by atoms with Crippen molar-refractivity contribution >= 4 is 29.9 Å². The fourth-order valence-electron chi connectivity index (χ4n) is 2.93. The van der Waals surface area contributed by atoms with Crippen LogP contribution in [0.15, 0.2) is 30.3 Å². The average molecular weight is 369 g/mol. The van der Waals surface area contributed by atoms with Crippen molar-refractivity contribution in [1.82, 2.24) is 15.1 Å². The van der Waals surface area contributed by atoms with E-state index in [1.807, 2.05) is 56.1 Å². The smallest absolute Gasteiger partial charge is 0.241 e. The number of hydrogen-bond acceptors (Lipinski definition) is 4. The molecule has 0 radical (unpaired) electrons. The summed E-state index contributed by atoms with van der Waals surface area (Å²) in [6.07, 6.45) is 0. The van der Waals surface area contributed by atoms with Gasteiger partial charge < -0.3 is 15.1 Å². The lowest BCUT2D eigenvalue weighted by atomic mass is 10.2. The van der Waals surface area contributed by atoms with Crippen LogP contribution in [-0.4, -0.2) is 74.0 Å². The first-order chi connectivity index (χ1) is 11.5. The van der Waals surface area contributed by atoms with Crippen LogP contribution in [0.1, 0.15) is 13.8 Å². The molecule has 1 aliphatic heterocycles. The second kappa shape index (κ2) is 10.4. The standard InChI is InChI=1S/C18H28N4O2.ClH/c1-15(2)22(16-7-5-4-6-8-16)18(24)14-20(3)13-17(23)21-11-9-19-10-12-21;/h4-8,15,19H,9-14H2,1-3H3;1H. The molecule has 0 aliphatic carbocycles. The van der Waals surface area contributed by atoms with Gasteiger partial charge in [0, 0.05) is 37.9 Å². The summed E-state index contributed by atoms with van der Waals surface area (Å²) < 4.78 is 0. The lowest BCUT2D eigenvalue weighted by molar-refractivity contribution is -0.133. The Hall–Kier alpha value is -1.63. The van der Waals surface area contributed by atoms with Crippen LogP contribution in [0.3, 0.4) is 0 Å². The first kappa shape index (κ1) is 21.4. The topological polar surface area (TPSA) is 55.9 Å². The Morgan fingerprint density at radius 2 is 1.72 bits per heavy atom. The van der Waals surface area contributed by atoms with E-state index in [0.717, 1.165) is 31.9 Å². The molecule has 1 fully saturated rings. The Labute approximate surface area is 156 Å². The summed E-state index contributed by atoms with van der Waals surface area (Å²) >= 11 is 0. The maximum atomic E-state index is 12.7. The Balaban J connectivity index is 0.00000312. The van der Waals surface area contributed by atoms with E-state index in [2.05, 4.69) is 5.32 Å². The van der Waals surface area contributed by atoms with Crippen LogP contribution >= 0.6 is 12.4 Å². The molecule has 1 saturated heterocycles. The highest BCUT2D eigenvalue weighted by atomic mass is 35.5. The van der Waals surface area contributed by atoms with Gasteiger partial charge in [0.1, 0.15) is 0 Å². The number of rotatable bonds is 6. The molecule has 2 rings (SSSR count). The number of hydrogen-bond donors (Lipinski definition) is 1. The van der Waals surface area contributed by atoms with Crippen molar-refractivity contribution in [2.24, 2.45) is 0 Å². The molecular formula is C18H29ClN4O2. The van der Waals surface area contributed by atoms with E-state index in [4.69, 9.17) is 0 Å². The normalized spacial score (nSPS) is 14.4. The van der Waals surface area contributed by atoms with E-state index in [0.29, 0.717) is 0 Å². The average Bonchev–Trinajstić information content (AvgIpc) is 2.56. The van der Waals surface area contributed by atoms with Gasteiger partial charge in [0.25, 0.3) is 0 Å². The second-order valence-corrected chi connectivity index (χ2v) is 6.50. The van der Waals surface area contributed by atoms with Gasteiger partial charge in [-0.05, 0) is 33.0 Å². The number of benzene rings is 1. The zero-order valence-electron chi connectivity index (χ0n) is 15.3. The molecule has 0 atom stereocenters. The number of para-hydroxylation sites is 1. The van der Waals surface area contributed by atoms with Crippen molar-refractivity contribution in [3.05, 3.63) is 30.3 Å². The summed E-state index contributed by atoms with van der Waals surface area (Å²) in [6.45, 7) is 7.64. The molecule has 140 valence electrons. The van der Waals surface area contributed by atoms with E-state index in [9.17, 15) is 9.59 Å². The summed E-state index contributed by atoms with van der Waals surface area (Å²) in [4.78, 5) is 30.4. The molecular weight excluding hydrogens is 340 g/mol. The molecule has 1 heterocycles. The number of halogens is 1. The molecule has 1 aromatic rings. The Morgan fingerprint density at radius 1 is 1.12 bits per heavy atom. The number of carbonyl (C=O) groups excluding carboxylic acids is 2. The maximum absolute atomic E-state index is 12.7. The fourth-order valence-corrected chi connectivity index (χ4v) is 2.93. The summed E-state index contributed by atoms with van der Waals surface area (Å²) in [5.41, 5.74) is 0.888. The molecule has 6 nitrogen and oxygen atoms in total. The van der Waals surface area contributed by atoms with E-state index in [-0.39, 0.29) is 43.4 Å². The highest BCUT2D eigenvalue weighted by molar-refractivity contribution is 5.95. The van der Waals surface area contributed by atoms with Crippen LogP contribution in [0.25, 0.3) is 0 Å². The first-order valence-corrected chi connectivity index (χ1v) is 8.53. The minimum atomic E-state index is 0. The third kappa shape index (κ3) is 6.30. The number of likely N-dealkylation sites (N-methyl/N-ethyl adjacent to an activating group) is 1. The van der Waals surface area contributed by atoms with Crippen molar-refractivity contribution in [1.29, 1.82) is 0 Å². The van der Waals surface area contributed by atoms with E-state index >= 15 is 0 Å². The van der Waals surface area contributed by atoms with Crippen molar-refractivity contribution in [2.75, 3.05) is 51.2 Å². The molecule has 1 N–H and O–H groups in total. The van der Waals surface area contributed by atoms with Gasteiger partial charge in [0.05, 0.1) is 13.1 Å². The van der Waals surface area contributed by atoms with Crippen molar-refractivity contribution in [3.63, 3.8) is 0 Å². The summed E-state index contributed by atoms with van der Waals surface area (Å²) in [5, 5.41) is 3.23. The third-order valence-electron chi connectivity index (χ3n) is 4.10. The molecule has 1 aromatic carbocycles. The van der Waals surface area contributed by atoms with Crippen LogP contribution in [0.2, 0.25) is 0 Å². The summed E-state index contributed by atoms with van der Waals surface area (Å²) in [6, 6.07) is 9.72. The van der Waals surface area contributed by atoms with Gasteiger partial charge in [-0.25, -0.2) is 0 Å². The number of piperazine rings is 1. The molecule has 0 saturated carbocycles. The third-order valence-corrected chi connectivity index (χ3v) is 4.10. The highest BCUT2D eigenvalue weighted by Crippen LogP contribution is 2.16. The quantitative estimate of drug-likeness (QED) is 0.820. The van der Waals surface area contributed by atoms with Gasteiger partial charge in [-0.2, -0.15) is 0 Å². The van der Waals surface area contributed by atoms with Crippen LogP contribution < -0.4 is 10.2 Å². The van der Waals surface area contributed by atoms with Crippen molar-refractivity contribution in [3.8, 4) is 0 Å². The van der Waals surface area contributed by atoms with E-state index < -0.39 is 0 Å². The van der Waals surface area contributed by atoms with Crippen molar-refractivity contribution < 1.29 is 9.59 Å². The van der Waals surface area contributed by atoms with Crippen LogP contribution in [-0.2, 0) is 9.59 Å². The zero-order valence-corrected chi connectivity index (χ0v) is 16.1. The predicted octanol–water partition coefficient (Wildman–Crippen LogP) is 1.21. The fraction of sp³-hybridized carbons (Fsp3) is 0.556. The first-order valence-electron chi connectivity index (χ1n) is 8.53. The number of nitrogens with one attached hydrogen (secondary N) is 1. The maximum Gasteiger partial charge on any atom is 0.241 e. The molecule has 7 heteroatoms. The number of anilines is 1. The molecule has 2 amide bonds. The minimum Gasteiger partial charge on any atom is -0.339 e. The second-order valence-electron chi connectivity index (χ2n) is 6.50. The summed E-state index contributed by atoms with van der Waals surface area (Å²) in [7, 11) is 1.82. The molecule has 1 aliphatic rings. The predicted molar refractivity (Wildman–Crippen MR) is 103 cm³/mol. The SMILES string of the molecule is CC(C)N(C(=O)CN(C)CC(=O)N1CCNCC1)c1ccccc1.Cl. The summed E-state index contributed by atoms with van der Waals surface area (Å²) in [5.74, 6) is 0.0921. The molecule has 25 heavy (non-hydrogen) atoms. The van der Waals surface area contributed by atoms with Gasteiger partial charge in [-0.15, -0.1) is 12.4 Å². The molecule has 0 aromatic heterocycles. The van der Waals surface area contributed by atoms with Crippen LogP contribution in [0, 0.1) is 0 Å². The minimum absolute atomic E-state index is 0. The van der Waals surface area contributed by atoms with Crippen LogP contribution in [0.5, 0.6) is 0 Å². The molecule has 0 spiro atoms. The largest absolute Gasteiger partial charge is 0.339 e. The Bertz CT molecular complexity index is 547. The lowest BCUT2D eigenvalue weighted by Crippen LogP contribution is -2.50. The van der Waals surface area contributed by atoms with E-state index in [1.54, 1.807) is 9.80 Å². The van der Waals surface area contributed by atoms with Gasteiger partial charge in [0.2, 0.25) is 11.8 Å². The number of nitrogens with zero attached hydrogens (tertiary/aromatic N) is 3. The monoisotopic (exact) mass is 368 g/mol. The number of amides is 2. The van der Waals surface area contributed by atoms with Gasteiger partial charge >= 0.3 is 0 Å².